The van der Waals surface area contributed by atoms with Gasteiger partial charge in [0.1, 0.15) is 30.1 Å². The molecule has 6 nitrogen and oxygen atoms in total. The lowest BCUT2D eigenvalue weighted by Gasteiger charge is -2.27. The molecule has 2 aromatic carbocycles. The van der Waals surface area contributed by atoms with Crippen LogP contribution in [0.5, 0.6) is 5.75 Å². The molecule has 0 radical (unpaired) electrons. The zero-order valence-corrected chi connectivity index (χ0v) is 18.8. The SMILES string of the molecule is Cc1cccc2c1OCc1coc(n1)[C@]1(CC[C@H](NS(C)(=O)=O)C1)Cc1ccc(F)c-2c1. The minimum Gasteiger partial charge on any atom is -0.486 e. The molecule has 1 aliphatic heterocycles. The third kappa shape index (κ3) is 3.93. The summed E-state index contributed by atoms with van der Waals surface area (Å²) in [6, 6.07) is 10.6. The average Bonchev–Trinajstić information content (AvgIpc) is 3.35. The van der Waals surface area contributed by atoms with Crippen LogP contribution in [0.2, 0.25) is 0 Å². The number of ether oxygens (including phenoxy) is 1. The summed E-state index contributed by atoms with van der Waals surface area (Å²) in [6.45, 7) is 2.13. The van der Waals surface area contributed by atoms with E-state index in [-0.39, 0.29) is 18.5 Å². The van der Waals surface area contributed by atoms with Crippen molar-refractivity contribution in [3.63, 3.8) is 0 Å². The van der Waals surface area contributed by atoms with E-state index >= 15 is 0 Å². The Morgan fingerprint density at radius 1 is 1.22 bits per heavy atom. The molecule has 1 fully saturated rings. The maximum Gasteiger partial charge on any atom is 0.208 e. The number of aryl methyl sites for hydroxylation is 1. The number of benzene rings is 2. The van der Waals surface area contributed by atoms with E-state index in [0.717, 1.165) is 11.1 Å². The lowest BCUT2D eigenvalue weighted by molar-refractivity contribution is 0.299. The molecular formula is C24H25FN2O4S. The van der Waals surface area contributed by atoms with Gasteiger partial charge in [0.2, 0.25) is 15.9 Å². The number of hydrogen-bond acceptors (Lipinski definition) is 5. The van der Waals surface area contributed by atoms with Crippen LogP contribution in [0, 0.1) is 12.7 Å². The highest BCUT2D eigenvalue weighted by atomic mass is 32.2. The van der Waals surface area contributed by atoms with E-state index in [2.05, 4.69) is 4.72 Å². The normalized spacial score (nSPS) is 22.7. The summed E-state index contributed by atoms with van der Waals surface area (Å²) < 4.78 is 53.3. The number of hydrogen-bond donors (Lipinski definition) is 1. The van der Waals surface area contributed by atoms with Crippen molar-refractivity contribution < 1.29 is 22.0 Å². The van der Waals surface area contributed by atoms with E-state index in [0.29, 0.717) is 54.1 Å². The van der Waals surface area contributed by atoms with E-state index < -0.39 is 15.4 Å². The van der Waals surface area contributed by atoms with Crippen LogP contribution in [-0.4, -0.2) is 25.7 Å². The largest absolute Gasteiger partial charge is 0.486 e. The Hall–Kier alpha value is -2.71. The molecular weight excluding hydrogens is 431 g/mol. The van der Waals surface area contributed by atoms with Crippen LogP contribution < -0.4 is 9.46 Å². The van der Waals surface area contributed by atoms with Crippen molar-refractivity contribution in [2.24, 2.45) is 0 Å². The first kappa shape index (κ1) is 21.2. The smallest absolute Gasteiger partial charge is 0.208 e. The van der Waals surface area contributed by atoms with Crippen LogP contribution in [0.25, 0.3) is 11.1 Å². The predicted molar refractivity (Wildman–Crippen MR) is 118 cm³/mol. The van der Waals surface area contributed by atoms with Crippen molar-refractivity contribution in [1.29, 1.82) is 0 Å². The Labute approximate surface area is 186 Å². The summed E-state index contributed by atoms with van der Waals surface area (Å²) in [5, 5.41) is 0. The second kappa shape index (κ2) is 7.71. The number of nitrogens with zero attached hydrogens (tertiary/aromatic N) is 1. The maximum atomic E-state index is 14.9. The summed E-state index contributed by atoms with van der Waals surface area (Å²) in [5.41, 5.74) is 3.21. The molecule has 3 aromatic rings. The van der Waals surface area contributed by atoms with Gasteiger partial charge in [-0.15, -0.1) is 0 Å². The van der Waals surface area contributed by atoms with Crippen molar-refractivity contribution >= 4 is 10.0 Å². The van der Waals surface area contributed by atoms with Gasteiger partial charge in [-0.25, -0.2) is 22.5 Å². The van der Waals surface area contributed by atoms with E-state index in [9.17, 15) is 12.8 Å². The van der Waals surface area contributed by atoms with Crippen LogP contribution in [-0.2, 0) is 28.5 Å². The maximum absolute atomic E-state index is 14.9. The second-order valence-corrected chi connectivity index (χ2v) is 10.8. The van der Waals surface area contributed by atoms with Gasteiger partial charge in [-0.2, -0.15) is 0 Å². The van der Waals surface area contributed by atoms with Gasteiger partial charge in [0.15, 0.2) is 0 Å². The van der Waals surface area contributed by atoms with Gasteiger partial charge in [0, 0.05) is 17.2 Å². The highest BCUT2D eigenvalue weighted by Gasteiger charge is 2.45. The number of rotatable bonds is 2. The standard InChI is InChI=1S/C24H25FN2O4S/c1-15-4-3-5-19-20-10-16(6-7-21(20)25)11-24(9-8-17(12-24)27-32(2,28)29)23-26-18(14-31-23)13-30-22(15)19/h3-7,10,14,17,27H,8-9,11-13H2,1-2H3/t17-,24+/m0/s1. The Bertz CT molecular complexity index is 1290. The fraction of sp³-hybridized carbons (Fsp3) is 0.375. The first-order valence-electron chi connectivity index (χ1n) is 10.7. The summed E-state index contributed by atoms with van der Waals surface area (Å²) in [6.07, 6.45) is 5.29. The van der Waals surface area contributed by atoms with Crippen LogP contribution in [0.15, 0.2) is 47.1 Å². The van der Waals surface area contributed by atoms with Gasteiger partial charge in [-0.3, -0.25) is 0 Å². The Kier molecular flexibility index (Phi) is 5.09. The molecule has 4 bridgehead atoms. The molecule has 2 aliphatic rings. The van der Waals surface area contributed by atoms with E-state index in [1.165, 1.54) is 12.3 Å². The molecule has 2 heterocycles. The van der Waals surface area contributed by atoms with Gasteiger partial charge in [0.25, 0.3) is 0 Å². The molecule has 0 amide bonds. The molecule has 1 spiro atoms. The van der Waals surface area contributed by atoms with Crippen LogP contribution in [0.4, 0.5) is 4.39 Å². The number of sulfonamides is 1. The van der Waals surface area contributed by atoms with Crippen LogP contribution in [0.1, 0.15) is 42.0 Å². The zero-order chi connectivity index (χ0) is 22.5. The number of fused-ring (bicyclic) bond motifs is 7. The van der Waals surface area contributed by atoms with Crippen molar-refractivity contribution in [3.8, 4) is 16.9 Å². The van der Waals surface area contributed by atoms with E-state index in [1.807, 2.05) is 31.2 Å². The van der Waals surface area contributed by atoms with Gasteiger partial charge in [0.05, 0.1) is 11.7 Å². The lowest BCUT2D eigenvalue weighted by atomic mass is 9.79. The van der Waals surface area contributed by atoms with Crippen molar-refractivity contribution in [1.82, 2.24) is 9.71 Å². The lowest BCUT2D eigenvalue weighted by Crippen LogP contribution is -2.35. The molecule has 5 rings (SSSR count). The minimum atomic E-state index is -3.33. The zero-order valence-electron chi connectivity index (χ0n) is 18.0. The average molecular weight is 457 g/mol. The van der Waals surface area contributed by atoms with E-state index in [4.69, 9.17) is 14.1 Å². The predicted octanol–water partition coefficient (Wildman–Crippen LogP) is 4.26. The first-order valence-corrected chi connectivity index (χ1v) is 12.5. The van der Waals surface area contributed by atoms with Crippen molar-refractivity contribution in [3.05, 3.63) is 71.2 Å². The number of halogens is 1. The van der Waals surface area contributed by atoms with Crippen molar-refractivity contribution in [2.75, 3.05) is 6.26 Å². The quantitative estimate of drug-likeness (QED) is 0.623. The molecule has 168 valence electrons. The molecule has 2 atom stereocenters. The second-order valence-electron chi connectivity index (χ2n) is 8.99. The van der Waals surface area contributed by atoms with Gasteiger partial charge in [-0.1, -0.05) is 24.3 Å². The van der Waals surface area contributed by atoms with Crippen LogP contribution >= 0.6 is 0 Å². The molecule has 1 aliphatic carbocycles. The number of oxazole rings is 1. The fourth-order valence-corrected chi connectivity index (χ4v) is 5.87. The van der Waals surface area contributed by atoms with Gasteiger partial charge >= 0.3 is 0 Å². The summed E-state index contributed by atoms with van der Waals surface area (Å²) >= 11 is 0. The highest BCUT2D eigenvalue weighted by molar-refractivity contribution is 7.88. The number of nitrogens with one attached hydrogen (secondary N) is 1. The Morgan fingerprint density at radius 3 is 2.88 bits per heavy atom. The minimum absolute atomic E-state index is 0.198. The van der Waals surface area contributed by atoms with E-state index in [1.54, 1.807) is 12.3 Å². The Morgan fingerprint density at radius 2 is 2.06 bits per heavy atom. The highest BCUT2D eigenvalue weighted by Crippen LogP contribution is 2.45. The molecule has 8 heteroatoms. The van der Waals surface area contributed by atoms with Crippen molar-refractivity contribution in [2.45, 2.75) is 50.7 Å². The number of para-hydroxylation sites is 1. The Balaban J connectivity index is 1.62. The first-order chi connectivity index (χ1) is 15.2. The van der Waals surface area contributed by atoms with Gasteiger partial charge < -0.3 is 9.15 Å². The summed E-state index contributed by atoms with van der Waals surface area (Å²) in [4.78, 5) is 4.73. The fourth-order valence-electron chi connectivity index (χ4n) is 5.06. The van der Waals surface area contributed by atoms with Crippen LogP contribution in [0.3, 0.4) is 0 Å². The third-order valence-corrected chi connectivity index (χ3v) is 7.20. The summed E-state index contributed by atoms with van der Waals surface area (Å²) in [7, 11) is -3.33. The monoisotopic (exact) mass is 456 g/mol. The number of aromatic nitrogens is 1. The molecule has 0 unspecified atom stereocenters. The molecule has 0 saturated heterocycles. The third-order valence-electron chi connectivity index (χ3n) is 6.43. The molecule has 1 aromatic heterocycles. The summed E-state index contributed by atoms with van der Waals surface area (Å²) in [5.74, 6) is 0.890. The molecule has 32 heavy (non-hydrogen) atoms. The van der Waals surface area contributed by atoms with Gasteiger partial charge in [-0.05, 0) is 55.9 Å². The molecule has 1 N–H and O–H groups in total. The molecule has 1 saturated carbocycles. The topological polar surface area (TPSA) is 81.4 Å².